The number of anilines is 1. The normalized spacial score (nSPS) is 12.0. The van der Waals surface area contributed by atoms with Crippen LogP contribution in [0.4, 0.5) is 10.1 Å². The van der Waals surface area contributed by atoms with E-state index in [1.165, 1.54) is 18.2 Å². The summed E-state index contributed by atoms with van der Waals surface area (Å²) in [5.41, 5.74) is 2.03. The van der Waals surface area contributed by atoms with Crippen LogP contribution in [0.3, 0.4) is 0 Å². The topological polar surface area (TPSA) is 46.2 Å². The van der Waals surface area contributed by atoms with Crippen LogP contribution in [0.1, 0.15) is 21.5 Å². The summed E-state index contributed by atoms with van der Waals surface area (Å²) in [6.07, 6.45) is 1.59. The molecule has 0 bridgehead atoms. The van der Waals surface area contributed by atoms with Crippen molar-refractivity contribution in [1.82, 2.24) is 0 Å². The molecule has 22 heavy (non-hydrogen) atoms. The highest BCUT2D eigenvalue weighted by molar-refractivity contribution is 7.83. The fourth-order valence-corrected chi connectivity index (χ4v) is 2.91. The second kappa shape index (κ2) is 7.03. The molecule has 0 fully saturated rings. The van der Waals surface area contributed by atoms with Crippen LogP contribution < -0.4 is 5.32 Å². The Morgan fingerprint density at radius 3 is 2.64 bits per heavy atom. The minimum atomic E-state index is -1.03. The van der Waals surface area contributed by atoms with Crippen LogP contribution in [0.25, 0.3) is 0 Å². The van der Waals surface area contributed by atoms with Crippen LogP contribution in [0.5, 0.6) is 0 Å². The van der Waals surface area contributed by atoms with E-state index in [0.29, 0.717) is 33.2 Å². The first kappa shape index (κ1) is 16.6. The third kappa shape index (κ3) is 4.15. The number of hydrogen-bond donors (Lipinski definition) is 1. The quantitative estimate of drug-likeness (QED) is 0.917. The molecule has 116 valence electrons. The first-order chi connectivity index (χ1) is 10.4. The smallest absolute Gasteiger partial charge is 0.255 e. The maximum atomic E-state index is 13.2. The van der Waals surface area contributed by atoms with Gasteiger partial charge >= 0.3 is 0 Å². The Morgan fingerprint density at radius 2 is 2.00 bits per heavy atom. The van der Waals surface area contributed by atoms with Crippen molar-refractivity contribution in [3.8, 4) is 0 Å². The van der Waals surface area contributed by atoms with E-state index < -0.39 is 10.8 Å². The maximum absolute atomic E-state index is 13.2. The summed E-state index contributed by atoms with van der Waals surface area (Å²) in [5.74, 6) is -0.372. The molecule has 0 aliphatic rings. The average Bonchev–Trinajstić information content (AvgIpc) is 2.45. The molecule has 3 nitrogen and oxygen atoms in total. The molecule has 1 amide bonds. The molecular formula is C16H15ClFNO2S. The first-order valence-corrected chi connectivity index (χ1v) is 8.63. The van der Waals surface area contributed by atoms with Gasteiger partial charge < -0.3 is 5.32 Å². The van der Waals surface area contributed by atoms with Crippen molar-refractivity contribution in [3.63, 3.8) is 0 Å². The number of amides is 1. The molecule has 0 saturated heterocycles. The number of aryl methyl sites for hydroxylation is 1. The second-order valence-corrected chi connectivity index (χ2v) is 6.78. The molecule has 0 radical (unpaired) electrons. The van der Waals surface area contributed by atoms with Crippen molar-refractivity contribution in [3.05, 3.63) is 63.9 Å². The van der Waals surface area contributed by atoms with Crippen molar-refractivity contribution >= 4 is 34.0 Å². The van der Waals surface area contributed by atoms with Crippen molar-refractivity contribution in [2.45, 2.75) is 12.7 Å². The Balaban J connectivity index is 2.21. The van der Waals surface area contributed by atoms with Gasteiger partial charge in [-0.05, 0) is 54.4 Å². The third-order valence-corrected chi connectivity index (χ3v) is 4.17. The molecule has 0 heterocycles. The Morgan fingerprint density at radius 1 is 1.27 bits per heavy atom. The van der Waals surface area contributed by atoms with Crippen LogP contribution in [-0.4, -0.2) is 16.4 Å². The summed E-state index contributed by atoms with van der Waals surface area (Å²) < 4.78 is 24.6. The number of carbonyl (C=O) groups excluding carboxylic acids is 1. The zero-order chi connectivity index (χ0) is 16.3. The number of halogens is 2. The van der Waals surface area contributed by atoms with E-state index in [-0.39, 0.29) is 11.7 Å². The van der Waals surface area contributed by atoms with Gasteiger partial charge in [0.1, 0.15) is 5.82 Å². The number of rotatable bonds is 4. The van der Waals surface area contributed by atoms with E-state index in [1.54, 1.807) is 31.4 Å². The second-order valence-electron chi connectivity index (χ2n) is 4.94. The molecule has 0 aliphatic carbocycles. The SMILES string of the molecule is Cc1cc(C(=O)Nc2ccc(Cl)c(C[S@@](C)=O)c2)ccc1F. The Bertz CT molecular complexity index is 749. The van der Waals surface area contributed by atoms with Gasteiger partial charge in [-0.1, -0.05) is 11.6 Å². The molecule has 6 heteroatoms. The van der Waals surface area contributed by atoms with Crippen molar-refractivity contribution < 1.29 is 13.4 Å². The van der Waals surface area contributed by atoms with Gasteiger partial charge in [0.2, 0.25) is 0 Å². The molecule has 0 aliphatic heterocycles. The molecule has 0 spiro atoms. The van der Waals surface area contributed by atoms with Gasteiger partial charge in [-0.2, -0.15) is 0 Å². The van der Waals surface area contributed by atoms with Gasteiger partial charge in [-0.3, -0.25) is 9.00 Å². The zero-order valence-electron chi connectivity index (χ0n) is 12.2. The fraction of sp³-hybridized carbons (Fsp3) is 0.188. The Kier molecular flexibility index (Phi) is 5.32. The highest BCUT2D eigenvalue weighted by Gasteiger charge is 2.10. The lowest BCUT2D eigenvalue weighted by molar-refractivity contribution is 0.102. The fourth-order valence-electron chi connectivity index (χ4n) is 1.97. The van der Waals surface area contributed by atoms with Crippen LogP contribution in [0.2, 0.25) is 5.02 Å². The van der Waals surface area contributed by atoms with Gasteiger partial charge in [0.05, 0.1) is 0 Å². The monoisotopic (exact) mass is 339 g/mol. The van der Waals surface area contributed by atoms with Crippen LogP contribution in [0, 0.1) is 12.7 Å². The van der Waals surface area contributed by atoms with Crippen molar-refractivity contribution in [2.24, 2.45) is 0 Å². The lowest BCUT2D eigenvalue weighted by atomic mass is 10.1. The first-order valence-electron chi connectivity index (χ1n) is 6.53. The summed E-state index contributed by atoms with van der Waals surface area (Å²) in [7, 11) is -1.03. The summed E-state index contributed by atoms with van der Waals surface area (Å²) in [5, 5.41) is 3.23. The van der Waals surface area contributed by atoms with Crippen LogP contribution in [0.15, 0.2) is 36.4 Å². The summed E-state index contributed by atoms with van der Waals surface area (Å²) in [6, 6.07) is 9.18. The van der Waals surface area contributed by atoms with E-state index in [1.807, 2.05) is 0 Å². The number of hydrogen-bond acceptors (Lipinski definition) is 2. The van der Waals surface area contributed by atoms with Gasteiger partial charge in [0.25, 0.3) is 5.91 Å². The van der Waals surface area contributed by atoms with E-state index in [9.17, 15) is 13.4 Å². The minimum Gasteiger partial charge on any atom is -0.322 e. The maximum Gasteiger partial charge on any atom is 0.255 e. The Hall–Kier alpha value is -1.72. The van der Waals surface area contributed by atoms with E-state index in [2.05, 4.69) is 5.32 Å². The predicted octanol–water partition coefficient (Wildman–Crippen LogP) is 3.92. The lowest BCUT2D eigenvalue weighted by Gasteiger charge is -2.09. The van der Waals surface area contributed by atoms with Crippen molar-refractivity contribution in [2.75, 3.05) is 11.6 Å². The number of benzene rings is 2. The number of nitrogens with one attached hydrogen (secondary N) is 1. The highest BCUT2D eigenvalue weighted by atomic mass is 35.5. The molecule has 1 N–H and O–H groups in total. The van der Waals surface area contributed by atoms with Gasteiger partial charge in [-0.15, -0.1) is 0 Å². The molecule has 2 aromatic carbocycles. The Labute approximate surface area is 136 Å². The van der Waals surface area contributed by atoms with Gasteiger partial charge in [0.15, 0.2) is 0 Å². The minimum absolute atomic E-state index is 0.318. The molecule has 0 unspecified atom stereocenters. The van der Waals surface area contributed by atoms with E-state index in [4.69, 9.17) is 11.6 Å². The van der Waals surface area contributed by atoms with Crippen LogP contribution >= 0.6 is 11.6 Å². The van der Waals surface area contributed by atoms with Crippen molar-refractivity contribution in [1.29, 1.82) is 0 Å². The van der Waals surface area contributed by atoms with Crippen LogP contribution in [-0.2, 0) is 16.6 Å². The third-order valence-electron chi connectivity index (χ3n) is 3.08. The molecule has 2 aromatic rings. The predicted molar refractivity (Wildman–Crippen MR) is 88.3 cm³/mol. The van der Waals surface area contributed by atoms with Gasteiger partial charge in [0, 0.05) is 39.1 Å². The lowest BCUT2D eigenvalue weighted by Crippen LogP contribution is -2.12. The largest absolute Gasteiger partial charge is 0.322 e. The molecule has 1 atom stereocenters. The van der Waals surface area contributed by atoms with Gasteiger partial charge in [-0.25, -0.2) is 4.39 Å². The molecule has 0 aromatic heterocycles. The summed E-state index contributed by atoms with van der Waals surface area (Å²) >= 11 is 6.04. The summed E-state index contributed by atoms with van der Waals surface area (Å²) in [4.78, 5) is 12.2. The zero-order valence-corrected chi connectivity index (χ0v) is 13.7. The van der Waals surface area contributed by atoms with E-state index in [0.717, 1.165) is 0 Å². The number of carbonyl (C=O) groups is 1. The standard InChI is InChI=1S/C16H15ClFNO2S/c1-10-7-11(3-6-15(10)18)16(20)19-13-4-5-14(17)12(8-13)9-22(2)21/h3-8H,9H2,1-2H3,(H,19,20)/t22-/m1/s1. The molecule has 0 saturated carbocycles. The molecule has 2 rings (SSSR count). The summed E-state index contributed by atoms with van der Waals surface area (Å²) in [6.45, 7) is 1.60. The molecular weight excluding hydrogens is 325 g/mol. The van der Waals surface area contributed by atoms with E-state index >= 15 is 0 Å². The highest BCUT2D eigenvalue weighted by Crippen LogP contribution is 2.22. The average molecular weight is 340 g/mol.